The average Bonchev–Trinajstić information content (AvgIpc) is 2.53. The average molecular weight is 321 g/mol. The molecular formula is C18H27NO4. The highest BCUT2D eigenvalue weighted by atomic mass is 16.6. The van der Waals surface area contributed by atoms with Gasteiger partial charge in [0.15, 0.2) is 0 Å². The third-order valence-corrected chi connectivity index (χ3v) is 3.39. The van der Waals surface area contributed by atoms with Crippen LogP contribution in [0.2, 0.25) is 0 Å². The third-order valence-electron chi connectivity index (χ3n) is 3.39. The first-order valence-corrected chi connectivity index (χ1v) is 8.33. The molecule has 0 radical (unpaired) electrons. The maximum atomic E-state index is 11.8. The molecule has 0 bridgehead atoms. The minimum Gasteiger partial charge on any atom is -0.446 e. The lowest BCUT2D eigenvalue weighted by molar-refractivity contribution is -0.134. The third kappa shape index (κ3) is 8.24. The van der Waals surface area contributed by atoms with Crippen LogP contribution in [0.5, 0.6) is 5.75 Å². The summed E-state index contributed by atoms with van der Waals surface area (Å²) in [6.45, 7) is 5.80. The van der Waals surface area contributed by atoms with E-state index in [1.807, 2.05) is 6.92 Å². The first-order valence-electron chi connectivity index (χ1n) is 8.33. The summed E-state index contributed by atoms with van der Waals surface area (Å²) < 4.78 is 10.4. The highest BCUT2D eigenvalue weighted by Crippen LogP contribution is 2.17. The van der Waals surface area contributed by atoms with E-state index < -0.39 is 6.09 Å². The van der Waals surface area contributed by atoms with Crippen molar-refractivity contribution in [1.29, 1.82) is 0 Å². The number of nitrogens with one attached hydrogen (secondary N) is 1. The van der Waals surface area contributed by atoms with Crippen LogP contribution in [-0.4, -0.2) is 18.2 Å². The predicted molar refractivity (Wildman–Crippen MR) is 90.7 cm³/mol. The SMILES string of the molecule is CCCCCC[C@H](C)OC(=O)Nc1ccc(OC(=O)CC)cc1. The highest BCUT2D eigenvalue weighted by Gasteiger charge is 2.10. The molecule has 128 valence electrons. The molecule has 0 saturated heterocycles. The van der Waals surface area contributed by atoms with Gasteiger partial charge in [0.05, 0.1) is 0 Å². The van der Waals surface area contributed by atoms with Crippen LogP contribution in [0, 0.1) is 0 Å². The molecule has 0 unspecified atom stereocenters. The van der Waals surface area contributed by atoms with Crippen molar-refractivity contribution >= 4 is 17.7 Å². The molecule has 1 amide bonds. The maximum absolute atomic E-state index is 11.8. The van der Waals surface area contributed by atoms with Crippen LogP contribution in [0.4, 0.5) is 10.5 Å². The smallest absolute Gasteiger partial charge is 0.411 e. The summed E-state index contributed by atoms with van der Waals surface area (Å²) in [7, 11) is 0. The zero-order valence-electron chi connectivity index (χ0n) is 14.3. The Bertz CT molecular complexity index is 484. The van der Waals surface area contributed by atoms with Crippen molar-refractivity contribution in [1.82, 2.24) is 0 Å². The van der Waals surface area contributed by atoms with Gasteiger partial charge in [-0.3, -0.25) is 10.1 Å². The number of esters is 1. The highest BCUT2D eigenvalue weighted by molar-refractivity contribution is 5.84. The van der Waals surface area contributed by atoms with Crippen molar-refractivity contribution in [3.63, 3.8) is 0 Å². The molecular weight excluding hydrogens is 294 g/mol. The van der Waals surface area contributed by atoms with Crippen molar-refractivity contribution in [3.05, 3.63) is 24.3 Å². The van der Waals surface area contributed by atoms with E-state index >= 15 is 0 Å². The van der Waals surface area contributed by atoms with Gasteiger partial charge >= 0.3 is 12.1 Å². The van der Waals surface area contributed by atoms with Gasteiger partial charge < -0.3 is 9.47 Å². The predicted octanol–water partition coefficient (Wildman–Crippen LogP) is 4.91. The first-order chi connectivity index (χ1) is 11.0. The number of amides is 1. The molecule has 23 heavy (non-hydrogen) atoms. The normalized spacial score (nSPS) is 11.6. The molecule has 5 nitrogen and oxygen atoms in total. The molecule has 1 aromatic rings. The number of anilines is 1. The van der Waals surface area contributed by atoms with Gasteiger partial charge in [0, 0.05) is 12.1 Å². The standard InChI is InChI=1S/C18H27NO4/c1-4-6-7-8-9-14(3)22-18(21)19-15-10-12-16(13-11-15)23-17(20)5-2/h10-14H,4-9H2,1-3H3,(H,19,21)/t14-/m0/s1. The van der Waals surface area contributed by atoms with Gasteiger partial charge in [0.25, 0.3) is 0 Å². The Kier molecular flexibility index (Phi) is 8.80. The summed E-state index contributed by atoms with van der Waals surface area (Å²) in [6.07, 6.45) is 5.28. The summed E-state index contributed by atoms with van der Waals surface area (Å²) in [6, 6.07) is 6.62. The fourth-order valence-electron chi connectivity index (χ4n) is 2.06. The molecule has 0 aliphatic carbocycles. The van der Waals surface area contributed by atoms with E-state index in [4.69, 9.17) is 9.47 Å². The zero-order valence-corrected chi connectivity index (χ0v) is 14.3. The molecule has 5 heteroatoms. The van der Waals surface area contributed by atoms with Crippen molar-refractivity contribution < 1.29 is 19.1 Å². The molecule has 0 fully saturated rings. The number of carbonyl (C=O) groups excluding carboxylic acids is 2. The van der Waals surface area contributed by atoms with E-state index in [2.05, 4.69) is 12.2 Å². The largest absolute Gasteiger partial charge is 0.446 e. The Hall–Kier alpha value is -2.04. The fraction of sp³-hybridized carbons (Fsp3) is 0.556. The Balaban J connectivity index is 2.34. The van der Waals surface area contributed by atoms with E-state index in [1.165, 1.54) is 19.3 Å². The lowest BCUT2D eigenvalue weighted by Crippen LogP contribution is -2.20. The number of ether oxygens (including phenoxy) is 2. The topological polar surface area (TPSA) is 64.6 Å². The summed E-state index contributed by atoms with van der Waals surface area (Å²) in [5, 5.41) is 2.67. The molecule has 1 N–H and O–H groups in total. The number of hydrogen-bond acceptors (Lipinski definition) is 4. The number of benzene rings is 1. The lowest BCUT2D eigenvalue weighted by atomic mass is 10.1. The molecule has 0 saturated carbocycles. The monoisotopic (exact) mass is 321 g/mol. The van der Waals surface area contributed by atoms with E-state index in [0.29, 0.717) is 17.9 Å². The molecule has 0 spiro atoms. The van der Waals surface area contributed by atoms with Crippen LogP contribution in [0.1, 0.15) is 59.3 Å². The van der Waals surface area contributed by atoms with Crippen molar-refractivity contribution in [2.24, 2.45) is 0 Å². The van der Waals surface area contributed by atoms with Crippen LogP contribution in [0.25, 0.3) is 0 Å². The minimum atomic E-state index is -0.466. The molecule has 0 aliphatic rings. The molecule has 1 aromatic carbocycles. The summed E-state index contributed by atoms with van der Waals surface area (Å²) in [5.74, 6) is 0.169. The summed E-state index contributed by atoms with van der Waals surface area (Å²) >= 11 is 0. The van der Waals surface area contributed by atoms with E-state index in [9.17, 15) is 9.59 Å². The Morgan fingerprint density at radius 2 is 1.78 bits per heavy atom. The van der Waals surface area contributed by atoms with Gasteiger partial charge in [-0.2, -0.15) is 0 Å². The number of rotatable bonds is 9. The Morgan fingerprint density at radius 1 is 1.09 bits per heavy atom. The van der Waals surface area contributed by atoms with Gasteiger partial charge in [0.2, 0.25) is 0 Å². The van der Waals surface area contributed by atoms with Crippen LogP contribution < -0.4 is 10.1 Å². The second kappa shape index (κ2) is 10.6. The first kappa shape index (κ1) is 19.0. The molecule has 0 aromatic heterocycles. The van der Waals surface area contributed by atoms with E-state index in [-0.39, 0.29) is 12.1 Å². The van der Waals surface area contributed by atoms with Gasteiger partial charge in [-0.05, 0) is 44.0 Å². The van der Waals surface area contributed by atoms with Crippen LogP contribution in [-0.2, 0) is 9.53 Å². The van der Waals surface area contributed by atoms with E-state index in [0.717, 1.165) is 12.8 Å². The van der Waals surface area contributed by atoms with Crippen LogP contribution in [0.15, 0.2) is 24.3 Å². The number of carbonyl (C=O) groups is 2. The quantitative estimate of drug-likeness (QED) is 0.399. The van der Waals surface area contributed by atoms with E-state index in [1.54, 1.807) is 31.2 Å². The minimum absolute atomic E-state index is 0.100. The molecule has 1 rings (SSSR count). The molecule has 1 atom stereocenters. The van der Waals surface area contributed by atoms with Crippen molar-refractivity contribution in [2.75, 3.05) is 5.32 Å². The van der Waals surface area contributed by atoms with Crippen LogP contribution in [0.3, 0.4) is 0 Å². The van der Waals surface area contributed by atoms with Crippen molar-refractivity contribution in [2.45, 2.75) is 65.4 Å². The Labute approximate surface area is 138 Å². The lowest BCUT2D eigenvalue weighted by Gasteiger charge is -2.14. The van der Waals surface area contributed by atoms with Crippen molar-refractivity contribution in [3.8, 4) is 5.75 Å². The fourth-order valence-corrected chi connectivity index (χ4v) is 2.06. The maximum Gasteiger partial charge on any atom is 0.411 e. The van der Waals surface area contributed by atoms with Gasteiger partial charge in [0.1, 0.15) is 11.9 Å². The van der Waals surface area contributed by atoms with Gasteiger partial charge in [-0.1, -0.05) is 33.1 Å². The summed E-state index contributed by atoms with van der Waals surface area (Å²) in [4.78, 5) is 23.0. The van der Waals surface area contributed by atoms with Crippen LogP contribution >= 0.6 is 0 Å². The second-order valence-electron chi connectivity index (χ2n) is 5.54. The Morgan fingerprint density at radius 3 is 2.39 bits per heavy atom. The van der Waals surface area contributed by atoms with Gasteiger partial charge in [-0.15, -0.1) is 0 Å². The number of unbranched alkanes of at least 4 members (excludes halogenated alkanes) is 3. The second-order valence-corrected chi connectivity index (χ2v) is 5.54. The molecule has 0 aliphatic heterocycles. The van der Waals surface area contributed by atoms with Gasteiger partial charge in [-0.25, -0.2) is 4.79 Å². The number of hydrogen-bond donors (Lipinski definition) is 1. The zero-order chi connectivity index (χ0) is 17.1. The molecule has 0 heterocycles. The summed E-state index contributed by atoms with van der Waals surface area (Å²) in [5.41, 5.74) is 0.601.